The number of carbonyl (C=O) groups is 1. The Morgan fingerprint density at radius 1 is 1.34 bits per heavy atom. The van der Waals surface area contributed by atoms with Crippen molar-refractivity contribution in [2.24, 2.45) is 0 Å². The lowest BCUT2D eigenvalue weighted by atomic mass is 10.2. The third kappa shape index (κ3) is 3.98. The maximum atomic E-state index is 13.6. The molecular weight excluding hydrogens is 400 g/mol. The Bertz CT molecular complexity index is 1090. The lowest BCUT2D eigenvalue weighted by Gasteiger charge is -2.23. The van der Waals surface area contributed by atoms with Gasteiger partial charge in [0, 0.05) is 20.0 Å². The monoisotopic (exact) mass is 419 g/mol. The molecule has 1 amide bonds. The largest absolute Gasteiger partial charge is 0.350 e. The van der Waals surface area contributed by atoms with Gasteiger partial charge in [0.2, 0.25) is 5.91 Å². The van der Waals surface area contributed by atoms with Crippen molar-refractivity contribution >= 4 is 32.7 Å². The molecular formula is C19H19F2N5O2S. The standard InChI is InChI=1S/C19H19F2N5O2S/c1-19(20,21)17-24-15(28)13-16(25-17)29-18(23-13)26-9-5-8-12(26)14(27)22-10-11-6-3-2-4-7-11/h2-4,6-7,12H,5,8-10H2,1H3,(H,22,27)(H,24,25,28). The predicted octanol–water partition coefficient (Wildman–Crippen LogP) is 2.78. The predicted molar refractivity (Wildman–Crippen MR) is 106 cm³/mol. The molecule has 7 nitrogen and oxygen atoms in total. The normalized spacial score (nSPS) is 17.1. The summed E-state index contributed by atoms with van der Waals surface area (Å²) in [6, 6.07) is 9.16. The van der Waals surface area contributed by atoms with Gasteiger partial charge < -0.3 is 15.2 Å². The molecule has 152 valence electrons. The lowest BCUT2D eigenvalue weighted by molar-refractivity contribution is -0.122. The van der Waals surface area contributed by atoms with E-state index in [-0.39, 0.29) is 16.3 Å². The van der Waals surface area contributed by atoms with Crippen LogP contribution in [0.25, 0.3) is 10.3 Å². The van der Waals surface area contributed by atoms with Crippen LogP contribution in [0.3, 0.4) is 0 Å². The van der Waals surface area contributed by atoms with E-state index in [1.807, 2.05) is 35.2 Å². The Balaban J connectivity index is 1.56. The van der Waals surface area contributed by atoms with Crippen LogP contribution in [-0.2, 0) is 17.3 Å². The summed E-state index contributed by atoms with van der Waals surface area (Å²) in [5, 5.41) is 3.37. The number of rotatable bonds is 5. The highest BCUT2D eigenvalue weighted by molar-refractivity contribution is 7.21. The van der Waals surface area contributed by atoms with Crippen molar-refractivity contribution in [3.8, 4) is 0 Å². The van der Waals surface area contributed by atoms with Gasteiger partial charge >= 0.3 is 5.92 Å². The van der Waals surface area contributed by atoms with Crippen LogP contribution < -0.4 is 15.8 Å². The summed E-state index contributed by atoms with van der Waals surface area (Å²) in [5.41, 5.74) is 0.292. The van der Waals surface area contributed by atoms with E-state index in [1.54, 1.807) is 0 Å². The molecule has 29 heavy (non-hydrogen) atoms. The number of nitrogens with zero attached hydrogens (tertiary/aromatic N) is 3. The van der Waals surface area contributed by atoms with Crippen LogP contribution in [0, 0.1) is 0 Å². The minimum atomic E-state index is -3.26. The summed E-state index contributed by atoms with van der Waals surface area (Å²) in [7, 11) is 0. The van der Waals surface area contributed by atoms with Crippen LogP contribution in [0.2, 0.25) is 0 Å². The molecule has 4 rings (SSSR count). The van der Waals surface area contributed by atoms with Crippen LogP contribution >= 0.6 is 11.3 Å². The van der Waals surface area contributed by atoms with E-state index in [2.05, 4.69) is 20.3 Å². The number of carbonyl (C=O) groups excluding carboxylic acids is 1. The number of aromatic nitrogens is 3. The first-order chi connectivity index (χ1) is 13.8. The summed E-state index contributed by atoms with van der Waals surface area (Å²) in [6.07, 6.45) is 1.44. The molecule has 10 heteroatoms. The third-order valence-corrected chi connectivity index (χ3v) is 5.77. The average molecular weight is 419 g/mol. The van der Waals surface area contributed by atoms with E-state index in [0.717, 1.165) is 23.3 Å². The Morgan fingerprint density at radius 2 is 2.10 bits per heavy atom. The second kappa shape index (κ2) is 7.51. The number of amides is 1. The van der Waals surface area contributed by atoms with Crippen molar-refractivity contribution in [3.05, 3.63) is 52.1 Å². The van der Waals surface area contributed by atoms with Crippen LogP contribution in [0.5, 0.6) is 0 Å². The fourth-order valence-corrected chi connectivity index (χ4v) is 4.34. The van der Waals surface area contributed by atoms with Crippen molar-refractivity contribution < 1.29 is 13.6 Å². The van der Waals surface area contributed by atoms with Gasteiger partial charge in [-0.1, -0.05) is 41.7 Å². The van der Waals surface area contributed by atoms with Gasteiger partial charge in [-0.25, -0.2) is 9.97 Å². The van der Waals surface area contributed by atoms with Crippen molar-refractivity contribution in [1.29, 1.82) is 0 Å². The number of aromatic amines is 1. The van der Waals surface area contributed by atoms with Crippen LogP contribution in [0.15, 0.2) is 35.1 Å². The summed E-state index contributed by atoms with van der Waals surface area (Å²) in [5.74, 6) is -4.08. The second-order valence-corrected chi connectivity index (χ2v) is 7.96. The number of hydrogen-bond donors (Lipinski definition) is 2. The molecule has 1 aromatic carbocycles. The molecule has 2 N–H and O–H groups in total. The number of anilines is 1. The zero-order valence-electron chi connectivity index (χ0n) is 15.6. The van der Waals surface area contributed by atoms with Crippen LogP contribution in [-0.4, -0.2) is 33.4 Å². The SMILES string of the molecule is CC(F)(F)c1nc2sc(N3CCCC3C(=O)NCc3ccccc3)nc2c(=O)[nH]1. The van der Waals surface area contributed by atoms with Crippen molar-refractivity contribution in [2.45, 2.75) is 38.3 Å². The number of thiazole rings is 1. The molecule has 1 fully saturated rings. The second-order valence-electron chi connectivity index (χ2n) is 7.01. The molecule has 1 aliphatic heterocycles. The maximum Gasteiger partial charge on any atom is 0.302 e. The maximum absolute atomic E-state index is 13.6. The molecule has 0 bridgehead atoms. The first kappa shape index (κ1) is 19.4. The van der Waals surface area contributed by atoms with E-state index in [9.17, 15) is 18.4 Å². The smallest absolute Gasteiger partial charge is 0.302 e. The fourth-order valence-electron chi connectivity index (χ4n) is 3.32. The topological polar surface area (TPSA) is 91.0 Å². The summed E-state index contributed by atoms with van der Waals surface area (Å²) in [6.45, 7) is 1.69. The van der Waals surface area contributed by atoms with Gasteiger partial charge in [0.15, 0.2) is 21.3 Å². The molecule has 1 atom stereocenters. The van der Waals surface area contributed by atoms with E-state index in [0.29, 0.717) is 31.6 Å². The molecule has 0 aliphatic carbocycles. The Morgan fingerprint density at radius 3 is 2.83 bits per heavy atom. The Kier molecular flexibility index (Phi) is 5.03. The number of nitrogens with one attached hydrogen (secondary N) is 2. The number of alkyl halides is 2. The molecule has 0 spiro atoms. The third-order valence-electron chi connectivity index (χ3n) is 4.78. The summed E-state index contributed by atoms with van der Waals surface area (Å²) in [4.78, 5) is 37.1. The number of fused-ring (bicyclic) bond motifs is 1. The average Bonchev–Trinajstić information content (AvgIpc) is 3.33. The van der Waals surface area contributed by atoms with Gasteiger partial charge in [-0.2, -0.15) is 8.78 Å². The van der Waals surface area contributed by atoms with Crippen molar-refractivity contribution in [1.82, 2.24) is 20.3 Å². The molecule has 1 saturated heterocycles. The quantitative estimate of drug-likeness (QED) is 0.664. The highest BCUT2D eigenvalue weighted by Crippen LogP contribution is 2.32. The zero-order chi connectivity index (χ0) is 20.6. The molecule has 3 aromatic rings. The molecule has 3 heterocycles. The lowest BCUT2D eigenvalue weighted by Crippen LogP contribution is -2.43. The summed E-state index contributed by atoms with van der Waals surface area (Å²) < 4.78 is 27.1. The van der Waals surface area contributed by atoms with E-state index >= 15 is 0 Å². The highest BCUT2D eigenvalue weighted by atomic mass is 32.1. The van der Waals surface area contributed by atoms with E-state index in [4.69, 9.17) is 0 Å². The minimum Gasteiger partial charge on any atom is -0.350 e. The molecule has 0 saturated carbocycles. The minimum absolute atomic E-state index is 0.00773. The number of H-pyrrole nitrogens is 1. The Hall–Kier alpha value is -2.88. The number of benzene rings is 1. The zero-order valence-corrected chi connectivity index (χ0v) is 16.4. The van der Waals surface area contributed by atoms with Gasteiger partial charge in [0.25, 0.3) is 5.56 Å². The summed E-state index contributed by atoms with van der Waals surface area (Å²) >= 11 is 1.04. The number of hydrogen-bond acceptors (Lipinski definition) is 6. The first-order valence-corrected chi connectivity index (χ1v) is 10.0. The first-order valence-electron chi connectivity index (χ1n) is 9.20. The molecule has 1 aliphatic rings. The van der Waals surface area contributed by atoms with Gasteiger partial charge in [-0.05, 0) is 18.4 Å². The van der Waals surface area contributed by atoms with Gasteiger partial charge in [0.1, 0.15) is 6.04 Å². The van der Waals surface area contributed by atoms with Gasteiger partial charge in [-0.15, -0.1) is 0 Å². The van der Waals surface area contributed by atoms with E-state index in [1.165, 1.54) is 0 Å². The Labute approximate surface area is 168 Å². The fraction of sp³-hybridized carbons (Fsp3) is 0.368. The molecule has 2 aromatic heterocycles. The molecule has 1 unspecified atom stereocenters. The van der Waals surface area contributed by atoms with Gasteiger partial charge in [-0.3, -0.25) is 9.59 Å². The number of halogens is 2. The van der Waals surface area contributed by atoms with Crippen LogP contribution in [0.4, 0.5) is 13.9 Å². The van der Waals surface area contributed by atoms with Crippen LogP contribution in [0.1, 0.15) is 31.2 Å². The highest BCUT2D eigenvalue weighted by Gasteiger charge is 2.34. The van der Waals surface area contributed by atoms with Gasteiger partial charge in [0.05, 0.1) is 0 Å². The molecule has 0 radical (unpaired) electrons. The van der Waals surface area contributed by atoms with Crippen molar-refractivity contribution in [2.75, 3.05) is 11.4 Å². The van der Waals surface area contributed by atoms with Crippen molar-refractivity contribution in [3.63, 3.8) is 0 Å². The van der Waals surface area contributed by atoms with E-state index < -0.39 is 23.3 Å².